The summed E-state index contributed by atoms with van der Waals surface area (Å²) in [5, 5.41) is 21.8. The van der Waals surface area contributed by atoms with Gasteiger partial charge in [0.25, 0.3) is 5.56 Å². The molecule has 0 aliphatic heterocycles. The highest BCUT2D eigenvalue weighted by Crippen LogP contribution is 2.28. The Labute approximate surface area is 159 Å². The lowest BCUT2D eigenvalue weighted by atomic mass is 10.1. The van der Waals surface area contributed by atoms with E-state index < -0.39 is 29.7 Å². The van der Waals surface area contributed by atoms with Crippen LogP contribution in [0.5, 0.6) is 0 Å². The third-order valence-corrected chi connectivity index (χ3v) is 4.59. The molecule has 3 aromatic rings. The molecule has 148 valence electrons. The average molecular weight is 388 g/mol. The number of aliphatic hydroxyl groups excluding tert-OH is 2. The summed E-state index contributed by atoms with van der Waals surface area (Å²) in [7, 11) is 0. The number of aromatic nitrogens is 1. The lowest BCUT2D eigenvalue weighted by molar-refractivity contribution is 0.0800. The van der Waals surface area contributed by atoms with Gasteiger partial charge in [0, 0.05) is 11.8 Å². The first-order valence-corrected chi connectivity index (χ1v) is 8.73. The Morgan fingerprint density at radius 3 is 2.57 bits per heavy atom. The van der Waals surface area contributed by atoms with E-state index in [-0.39, 0.29) is 34.5 Å². The highest BCUT2D eigenvalue weighted by Gasteiger charge is 2.19. The van der Waals surface area contributed by atoms with Crippen molar-refractivity contribution in [3.05, 3.63) is 67.7 Å². The normalized spacial score (nSPS) is 12.4. The van der Waals surface area contributed by atoms with Crippen molar-refractivity contribution >= 4 is 22.3 Å². The summed E-state index contributed by atoms with van der Waals surface area (Å²) in [6, 6.07) is 6.06. The molecule has 2 heterocycles. The number of fused-ring (bicyclic) bond motifs is 1. The van der Waals surface area contributed by atoms with Gasteiger partial charge in [-0.2, -0.15) is 0 Å². The molecule has 0 saturated heterocycles. The van der Waals surface area contributed by atoms with Crippen molar-refractivity contribution in [3.63, 3.8) is 0 Å². The van der Waals surface area contributed by atoms with Crippen molar-refractivity contribution in [2.45, 2.75) is 33.4 Å². The smallest absolute Gasteiger partial charge is 0.341 e. The highest BCUT2D eigenvalue weighted by molar-refractivity contribution is 5.92. The number of aryl methyl sites for hydroxylation is 2. The van der Waals surface area contributed by atoms with Gasteiger partial charge >= 0.3 is 5.63 Å². The molecular weight excluding hydrogens is 367 g/mol. The van der Waals surface area contributed by atoms with E-state index in [9.17, 15) is 19.1 Å². The van der Waals surface area contributed by atoms with Crippen LogP contribution in [0.2, 0.25) is 0 Å². The first kappa shape index (κ1) is 19.8. The molecule has 0 saturated carbocycles. The van der Waals surface area contributed by atoms with Gasteiger partial charge in [0.1, 0.15) is 16.8 Å². The number of aliphatic hydroxyl groups is 2. The number of halogens is 1. The zero-order chi connectivity index (χ0) is 20.6. The van der Waals surface area contributed by atoms with E-state index in [1.165, 1.54) is 29.7 Å². The molecule has 0 spiro atoms. The Kier molecular flexibility index (Phi) is 5.35. The van der Waals surface area contributed by atoms with Crippen molar-refractivity contribution < 1.29 is 19.0 Å². The van der Waals surface area contributed by atoms with Crippen molar-refractivity contribution in [2.24, 2.45) is 0 Å². The SMILES string of the molecule is Cc1ccc(Nc2c(C)c(=O)oc3cc(C)n(CC(O)CO)c(=O)c23)c(F)c1. The zero-order valence-corrected chi connectivity index (χ0v) is 15.7. The van der Waals surface area contributed by atoms with Crippen LogP contribution in [0, 0.1) is 26.6 Å². The minimum atomic E-state index is -1.13. The van der Waals surface area contributed by atoms with Gasteiger partial charge in [-0.3, -0.25) is 4.79 Å². The molecule has 0 radical (unpaired) electrons. The Bertz CT molecular complexity index is 1170. The molecule has 3 rings (SSSR count). The van der Waals surface area contributed by atoms with Crippen molar-refractivity contribution in [1.29, 1.82) is 0 Å². The van der Waals surface area contributed by atoms with Crippen LogP contribution in [-0.2, 0) is 6.54 Å². The molecule has 7 nitrogen and oxygen atoms in total. The number of benzene rings is 1. The van der Waals surface area contributed by atoms with Crippen molar-refractivity contribution in [3.8, 4) is 0 Å². The maximum atomic E-state index is 14.3. The summed E-state index contributed by atoms with van der Waals surface area (Å²) in [6.45, 7) is 4.21. The second-order valence-electron chi connectivity index (χ2n) is 6.77. The second kappa shape index (κ2) is 7.57. The molecule has 0 aliphatic carbocycles. The Balaban J connectivity index is 2.28. The first-order chi connectivity index (χ1) is 13.2. The maximum Gasteiger partial charge on any atom is 0.341 e. The lowest BCUT2D eigenvalue weighted by Crippen LogP contribution is -2.31. The van der Waals surface area contributed by atoms with Crippen LogP contribution in [0.1, 0.15) is 16.8 Å². The fourth-order valence-corrected chi connectivity index (χ4v) is 3.02. The fourth-order valence-electron chi connectivity index (χ4n) is 3.02. The number of nitrogens with zero attached hydrogens (tertiary/aromatic N) is 1. The Hall–Kier alpha value is -2.97. The summed E-state index contributed by atoms with van der Waals surface area (Å²) in [6.07, 6.45) is -1.13. The first-order valence-electron chi connectivity index (χ1n) is 8.73. The minimum absolute atomic E-state index is 0.0582. The van der Waals surface area contributed by atoms with Crippen LogP contribution in [-0.4, -0.2) is 27.5 Å². The van der Waals surface area contributed by atoms with Crippen molar-refractivity contribution in [2.75, 3.05) is 11.9 Å². The van der Waals surface area contributed by atoms with E-state index in [4.69, 9.17) is 9.52 Å². The average Bonchev–Trinajstić information content (AvgIpc) is 2.64. The third-order valence-electron chi connectivity index (χ3n) is 4.59. The van der Waals surface area contributed by atoms with Gasteiger partial charge in [-0.1, -0.05) is 6.07 Å². The molecule has 3 N–H and O–H groups in total. The second-order valence-corrected chi connectivity index (χ2v) is 6.77. The lowest BCUT2D eigenvalue weighted by Gasteiger charge is -2.17. The largest absolute Gasteiger partial charge is 0.422 e. The van der Waals surface area contributed by atoms with E-state index in [0.29, 0.717) is 5.69 Å². The van der Waals surface area contributed by atoms with E-state index in [0.717, 1.165) is 5.56 Å². The van der Waals surface area contributed by atoms with Gasteiger partial charge in [-0.05, 0) is 38.5 Å². The number of nitrogens with one attached hydrogen (secondary N) is 1. The highest BCUT2D eigenvalue weighted by atomic mass is 19.1. The number of rotatable bonds is 5. The molecular formula is C20H21FN2O5. The number of hydrogen-bond acceptors (Lipinski definition) is 6. The predicted molar refractivity (Wildman–Crippen MR) is 104 cm³/mol. The van der Waals surface area contributed by atoms with Gasteiger partial charge < -0.3 is 24.5 Å². The number of pyridine rings is 1. The Morgan fingerprint density at radius 1 is 1.21 bits per heavy atom. The summed E-state index contributed by atoms with van der Waals surface area (Å²) in [5.41, 5.74) is 0.454. The van der Waals surface area contributed by atoms with Crippen LogP contribution in [0.3, 0.4) is 0 Å². The molecule has 2 aromatic heterocycles. The van der Waals surface area contributed by atoms with Crippen LogP contribution in [0.25, 0.3) is 11.0 Å². The zero-order valence-electron chi connectivity index (χ0n) is 15.7. The maximum absolute atomic E-state index is 14.3. The van der Waals surface area contributed by atoms with Crippen LogP contribution >= 0.6 is 0 Å². The van der Waals surface area contributed by atoms with Crippen molar-refractivity contribution in [1.82, 2.24) is 4.57 Å². The number of hydrogen-bond donors (Lipinski definition) is 3. The summed E-state index contributed by atoms with van der Waals surface area (Å²) in [4.78, 5) is 25.3. The predicted octanol–water partition coefficient (Wildman–Crippen LogP) is 2.12. The summed E-state index contributed by atoms with van der Waals surface area (Å²) in [5.74, 6) is -0.524. The topological polar surface area (TPSA) is 105 Å². The molecule has 28 heavy (non-hydrogen) atoms. The molecule has 0 bridgehead atoms. The molecule has 1 atom stereocenters. The fraction of sp³-hybridized carbons (Fsp3) is 0.300. The Morgan fingerprint density at radius 2 is 1.93 bits per heavy atom. The van der Waals surface area contributed by atoms with E-state index in [1.54, 1.807) is 19.9 Å². The van der Waals surface area contributed by atoms with Gasteiger partial charge in [0.2, 0.25) is 0 Å². The number of anilines is 2. The standard InChI is InChI=1S/C20H21FN2O5/c1-10-4-5-15(14(21)6-10)22-18-12(3)20(27)28-16-7-11(2)23(8-13(25)9-24)19(26)17(16)18/h4-7,13,22,24-25H,8-9H2,1-3H3. The van der Waals surface area contributed by atoms with Gasteiger partial charge in [0.15, 0.2) is 0 Å². The molecule has 0 amide bonds. The van der Waals surface area contributed by atoms with Crippen LogP contribution in [0.15, 0.2) is 38.3 Å². The van der Waals surface area contributed by atoms with Gasteiger partial charge in [0.05, 0.1) is 36.2 Å². The molecule has 1 aromatic carbocycles. The van der Waals surface area contributed by atoms with E-state index in [1.807, 2.05) is 0 Å². The van der Waals surface area contributed by atoms with Gasteiger partial charge in [-0.25, -0.2) is 9.18 Å². The minimum Gasteiger partial charge on any atom is -0.422 e. The molecule has 0 fully saturated rings. The quantitative estimate of drug-likeness (QED) is 0.618. The summed E-state index contributed by atoms with van der Waals surface area (Å²) >= 11 is 0. The van der Waals surface area contributed by atoms with E-state index in [2.05, 4.69) is 5.32 Å². The summed E-state index contributed by atoms with van der Waals surface area (Å²) < 4.78 is 20.9. The molecule has 0 aliphatic rings. The van der Waals surface area contributed by atoms with Crippen LogP contribution < -0.4 is 16.5 Å². The monoisotopic (exact) mass is 388 g/mol. The molecule has 1 unspecified atom stereocenters. The molecule has 8 heteroatoms. The van der Waals surface area contributed by atoms with Gasteiger partial charge in [-0.15, -0.1) is 0 Å². The van der Waals surface area contributed by atoms with E-state index >= 15 is 0 Å². The van der Waals surface area contributed by atoms with Crippen LogP contribution in [0.4, 0.5) is 15.8 Å². The third kappa shape index (κ3) is 3.56.